The number of alkyl carbamates (subject to hydrolysis) is 1. The van der Waals surface area contributed by atoms with Crippen LogP contribution in [0.1, 0.15) is 96.9 Å². The van der Waals surface area contributed by atoms with Gasteiger partial charge in [-0.1, -0.05) is 62.4 Å². The molecule has 0 saturated carbocycles. The number of imidazole rings is 2. The van der Waals surface area contributed by atoms with E-state index < -0.39 is 29.6 Å². The number of likely N-dealkylation sites (tertiary alicyclic amines) is 1. The summed E-state index contributed by atoms with van der Waals surface area (Å²) in [5.41, 5.74) is 5.16. The Hall–Kier alpha value is -5.46. The van der Waals surface area contributed by atoms with Gasteiger partial charge in [-0.25, -0.2) is 14.8 Å². The molecule has 7 rings (SSSR count). The van der Waals surface area contributed by atoms with Crippen LogP contribution in [0.25, 0.3) is 33.6 Å². The topological polar surface area (TPSA) is 163 Å². The number of benzene rings is 2. The van der Waals surface area contributed by atoms with Crippen molar-refractivity contribution in [2.45, 2.75) is 103 Å². The lowest BCUT2D eigenvalue weighted by molar-refractivity contribution is -0.168. The number of carbonyl (C=O) groups is 4. The highest BCUT2D eigenvalue weighted by molar-refractivity contribution is 5.99. The molecule has 0 radical (unpaired) electrons. The average Bonchev–Trinajstić information content (AvgIpc) is 3.99. The summed E-state index contributed by atoms with van der Waals surface area (Å²) >= 11 is 0. The van der Waals surface area contributed by atoms with Gasteiger partial charge in [0, 0.05) is 12.6 Å². The third-order valence-electron chi connectivity index (χ3n) is 11.0. The number of H-pyrrole nitrogens is 2. The van der Waals surface area contributed by atoms with Gasteiger partial charge in [0.25, 0.3) is 0 Å². The van der Waals surface area contributed by atoms with Crippen LogP contribution in [0.15, 0.2) is 60.9 Å². The van der Waals surface area contributed by atoms with Crippen molar-refractivity contribution < 1.29 is 28.7 Å². The Morgan fingerprint density at radius 3 is 1.89 bits per heavy atom. The van der Waals surface area contributed by atoms with Gasteiger partial charge in [-0.2, -0.15) is 0 Å². The highest BCUT2D eigenvalue weighted by Gasteiger charge is 2.48. The molecule has 13 heteroatoms. The maximum absolute atomic E-state index is 13.6. The minimum absolute atomic E-state index is 0.103. The Labute approximate surface area is 321 Å². The number of hydrogen-bond donors (Lipinski definition) is 3. The SMILES string of the molecule is COC(=O)NC(C(=O)N1CCCC1c1ncc(-c2ccc(-c3ccc(-c4cnc(C5CCC6CCC(C(=O)OC(C)(C)C)C(=O)N65)[nH]4)cc3)cc2)[nH]1)C(C)C. The fourth-order valence-electron chi connectivity index (χ4n) is 8.21. The van der Waals surface area contributed by atoms with E-state index in [1.807, 2.05) is 50.6 Å². The normalized spacial score (nSPS) is 21.8. The molecule has 4 aromatic rings. The van der Waals surface area contributed by atoms with Crippen molar-refractivity contribution in [3.63, 3.8) is 0 Å². The van der Waals surface area contributed by atoms with Crippen LogP contribution in [0.4, 0.5) is 4.79 Å². The van der Waals surface area contributed by atoms with Crippen LogP contribution < -0.4 is 5.32 Å². The van der Waals surface area contributed by atoms with E-state index >= 15 is 0 Å². The summed E-state index contributed by atoms with van der Waals surface area (Å²) in [6.07, 6.45) is 7.61. The molecule has 3 aliphatic rings. The molecule has 3 amide bonds. The molecule has 290 valence electrons. The van der Waals surface area contributed by atoms with Crippen LogP contribution >= 0.6 is 0 Å². The lowest BCUT2D eigenvalue weighted by atomic mass is 9.92. The molecule has 2 aromatic heterocycles. The van der Waals surface area contributed by atoms with E-state index in [2.05, 4.69) is 68.8 Å². The molecule has 3 saturated heterocycles. The number of methoxy groups -OCH3 is 1. The number of aromatic nitrogens is 4. The number of aromatic amines is 2. The predicted molar refractivity (Wildman–Crippen MR) is 206 cm³/mol. The molecule has 55 heavy (non-hydrogen) atoms. The van der Waals surface area contributed by atoms with Crippen molar-refractivity contribution >= 4 is 23.9 Å². The first-order chi connectivity index (χ1) is 26.3. The Morgan fingerprint density at radius 1 is 0.800 bits per heavy atom. The smallest absolute Gasteiger partial charge is 0.407 e. The van der Waals surface area contributed by atoms with Crippen molar-refractivity contribution in [2.24, 2.45) is 11.8 Å². The molecule has 0 bridgehead atoms. The van der Waals surface area contributed by atoms with Crippen molar-refractivity contribution in [1.82, 2.24) is 35.1 Å². The van der Waals surface area contributed by atoms with Crippen molar-refractivity contribution in [3.05, 3.63) is 72.6 Å². The van der Waals surface area contributed by atoms with Gasteiger partial charge in [0.05, 0.1) is 43.0 Å². The Kier molecular flexibility index (Phi) is 10.6. The molecule has 5 unspecified atom stereocenters. The lowest BCUT2D eigenvalue weighted by Crippen LogP contribution is -2.51. The third kappa shape index (κ3) is 7.88. The number of esters is 1. The monoisotopic (exact) mass is 749 g/mol. The van der Waals surface area contributed by atoms with E-state index in [-0.39, 0.29) is 35.9 Å². The second-order valence-corrected chi connectivity index (χ2v) is 16.2. The summed E-state index contributed by atoms with van der Waals surface area (Å²) in [4.78, 5) is 71.9. The van der Waals surface area contributed by atoms with Gasteiger partial charge >= 0.3 is 12.1 Å². The summed E-state index contributed by atoms with van der Waals surface area (Å²) in [6, 6.07) is 15.6. The van der Waals surface area contributed by atoms with Crippen LogP contribution in [-0.4, -0.2) is 85.0 Å². The van der Waals surface area contributed by atoms with Crippen molar-refractivity contribution in [2.75, 3.05) is 13.7 Å². The zero-order chi connectivity index (χ0) is 39.0. The first kappa shape index (κ1) is 37.8. The van der Waals surface area contributed by atoms with Crippen molar-refractivity contribution in [1.29, 1.82) is 0 Å². The summed E-state index contributed by atoms with van der Waals surface area (Å²) in [7, 11) is 1.29. The fourth-order valence-corrected chi connectivity index (χ4v) is 8.21. The molecule has 3 N–H and O–H groups in total. The molecule has 0 spiro atoms. The zero-order valence-corrected chi connectivity index (χ0v) is 32.4. The van der Waals surface area contributed by atoms with Gasteiger partial charge in [-0.05, 0) is 87.5 Å². The van der Waals surface area contributed by atoms with Crippen LogP contribution in [0.2, 0.25) is 0 Å². The standard InChI is InChI=1S/C42H51N7O6/c1-24(2)35(47-41(53)54-6)39(51)48-21-7-8-33(48)36-43-22-31(45-36)27-13-9-25(10-14-27)26-11-15-28(16-12-26)32-23-44-37(46-32)34-20-18-29-17-19-30(38(50)49(29)34)40(52)55-42(3,4)5/h9-16,22-24,29-30,33-35H,7-8,17-21H2,1-6H3,(H,43,45)(H,44,46)(H,47,53). The van der Waals surface area contributed by atoms with E-state index in [0.29, 0.717) is 13.0 Å². The summed E-state index contributed by atoms with van der Waals surface area (Å²) < 4.78 is 10.3. The number of fused-ring (bicyclic) bond motifs is 1. The first-order valence-electron chi connectivity index (χ1n) is 19.3. The average molecular weight is 750 g/mol. The minimum Gasteiger partial charge on any atom is -0.459 e. The molecule has 2 aromatic carbocycles. The number of carbonyl (C=O) groups excluding carboxylic acids is 4. The maximum Gasteiger partial charge on any atom is 0.407 e. The fraction of sp³-hybridized carbons (Fsp3) is 0.476. The molecule has 3 fully saturated rings. The predicted octanol–water partition coefficient (Wildman–Crippen LogP) is 6.96. The second kappa shape index (κ2) is 15.3. The van der Waals surface area contributed by atoms with Crippen LogP contribution in [0.3, 0.4) is 0 Å². The van der Waals surface area contributed by atoms with E-state index in [0.717, 1.165) is 77.4 Å². The quantitative estimate of drug-likeness (QED) is 0.122. The molecule has 5 heterocycles. The number of nitrogens with zero attached hydrogens (tertiary/aromatic N) is 4. The number of nitrogens with one attached hydrogen (secondary N) is 3. The van der Waals surface area contributed by atoms with E-state index in [1.165, 1.54) is 7.11 Å². The van der Waals surface area contributed by atoms with E-state index in [4.69, 9.17) is 14.5 Å². The van der Waals surface area contributed by atoms with E-state index in [1.54, 1.807) is 6.20 Å². The molecule has 0 aliphatic carbocycles. The number of hydrogen-bond acceptors (Lipinski definition) is 8. The van der Waals surface area contributed by atoms with Crippen LogP contribution in [0.5, 0.6) is 0 Å². The number of rotatable bonds is 9. The minimum atomic E-state index is -0.772. The second-order valence-electron chi connectivity index (χ2n) is 16.2. The largest absolute Gasteiger partial charge is 0.459 e. The molecule has 13 nitrogen and oxygen atoms in total. The van der Waals surface area contributed by atoms with Gasteiger partial charge in [0.2, 0.25) is 11.8 Å². The molecule has 3 aliphatic heterocycles. The highest BCUT2D eigenvalue weighted by Crippen LogP contribution is 2.42. The maximum atomic E-state index is 13.6. The number of ether oxygens (including phenoxy) is 2. The number of piperidine rings is 1. The lowest BCUT2D eigenvalue weighted by Gasteiger charge is -2.37. The Balaban J connectivity index is 0.999. The summed E-state index contributed by atoms with van der Waals surface area (Å²) in [5, 5.41) is 2.69. The molecular weight excluding hydrogens is 699 g/mol. The first-order valence-corrected chi connectivity index (χ1v) is 19.3. The molecule has 5 atom stereocenters. The third-order valence-corrected chi connectivity index (χ3v) is 11.0. The van der Waals surface area contributed by atoms with Gasteiger partial charge in [-0.15, -0.1) is 0 Å². The van der Waals surface area contributed by atoms with E-state index in [9.17, 15) is 19.2 Å². The van der Waals surface area contributed by atoms with Crippen molar-refractivity contribution in [3.8, 4) is 33.6 Å². The van der Waals surface area contributed by atoms with Crippen LogP contribution in [-0.2, 0) is 23.9 Å². The summed E-state index contributed by atoms with van der Waals surface area (Å²) in [5.74, 6) is -0.156. The highest BCUT2D eigenvalue weighted by atomic mass is 16.6. The van der Waals surface area contributed by atoms with Gasteiger partial charge in [0.1, 0.15) is 29.2 Å². The van der Waals surface area contributed by atoms with Gasteiger partial charge in [0.15, 0.2) is 0 Å². The zero-order valence-electron chi connectivity index (χ0n) is 32.4. The number of amides is 3. The van der Waals surface area contributed by atoms with Gasteiger partial charge in [-0.3, -0.25) is 14.4 Å². The molecular formula is C42H51N7O6. The Bertz CT molecular complexity index is 2030. The Morgan fingerprint density at radius 2 is 1.35 bits per heavy atom. The summed E-state index contributed by atoms with van der Waals surface area (Å²) in [6.45, 7) is 9.86. The van der Waals surface area contributed by atoms with Crippen LogP contribution in [0, 0.1) is 11.8 Å². The van der Waals surface area contributed by atoms with Gasteiger partial charge < -0.3 is 34.6 Å².